The van der Waals surface area contributed by atoms with Crippen LogP contribution < -0.4 is 10.1 Å². The quantitative estimate of drug-likeness (QED) is 0.682. The van der Waals surface area contributed by atoms with Crippen LogP contribution in [0, 0.1) is 5.92 Å². The monoisotopic (exact) mass is 450 g/mol. The Labute approximate surface area is 183 Å². The second kappa shape index (κ2) is 9.81. The molecule has 0 spiro atoms. The number of sulfonamides is 1. The summed E-state index contributed by atoms with van der Waals surface area (Å²) >= 11 is 5.87. The molecular weight excluding hydrogens is 424 g/mol. The standard InChI is InChI=1S/C22H27ClN2O4S/c1-16(2)29-21-11-9-20(10-12-21)24-22(26)18-4-3-13-25(14-18)30(27,28)15-17-5-7-19(23)8-6-17/h5-12,16,18H,3-4,13-15H2,1-2H3,(H,24,26). The first-order valence-corrected chi connectivity index (χ1v) is 12.0. The number of hydrogen-bond donors (Lipinski definition) is 1. The van der Waals surface area contributed by atoms with Crippen molar-refractivity contribution in [1.82, 2.24) is 4.31 Å². The Morgan fingerprint density at radius 2 is 1.83 bits per heavy atom. The van der Waals surface area contributed by atoms with E-state index in [0.29, 0.717) is 35.7 Å². The highest BCUT2D eigenvalue weighted by Gasteiger charge is 2.32. The predicted octanol–water partition coefficient (Wildman–Crippen LogP) is 4.31. The van der Waals surface area contributed by atoms with E-state index < -0.39 is 10.0 Å². The third kappa shape index (κ3) is 6.20. The Morgan fingerprint density at radius 3 is 2.47 bits per heavy atom. The lowest BCUT2D eigenvalue weighted by atomic mass is 9.99. The molecule has 162 valence electrons. The van der Waals surface area contributed by atoms with E-state index >= 15 is 0 Å². The SMILES string of the molecule is CC(C)Oc1ccc(NC(=O)C2CCCN(S(=O)(=O)Cc3ccc(Cl)cc3)C2)cc1. The Bertz CT molecular complexity index is 960. The molecule has 0 aliphatic carbocycles. The number of halogens is 1. The summed E-state index contributed by atoms with van der Waals surface area (Å²) in [7, 11) is -3.51. The molecule has 1 aliphatic heterocycles. The number of ether oxygens (including phenoxy) is 1. The van der Waals surface area contributed by atoms with E-state index in [2.05, 4.69) is 5.32 Å². The Balaban J connectivity index is 1.60. The average molecular weight is 451 g/mol. The molecule has 8 heteroatoms. The van der Waals surface area contributed by atoms with E-state index in [9.17, 15) is 13.2 Å². The summed E-state index contributed by atoms with van der Waals surface area (Å²) in [4.78, 5) is 12.7. The molecule has 1 heterocycles. The lowest BCUT2D eigenvalue weighted by Crippen LogP contribution is -2.44. The second-order valence-electron chi connectivity index (χ2n) is 7.76. The molecule has 1 atom stereocenters. The van der Waals surface area contributed by atoms with Crippen LogP contribution in [0.3, 0.4) is 0 Å². The number of amides is 1. The normalized spacial score (nSPS) is 17.7. The number of carbonyl (C=O) groups excluding carboxylic acids is 1. The van der Waals surface area contributed by atoms with Crippen LogP contribution >= 0.6 is 11.6 Å². The van der Waals surface area contributed by atoms with Crippen LogP contribution in [0.1, 0.15) is 32.3 Å². The van der Waals surface area contributed by atoms with Gasteiger partial charge < -0.3 is 10.1 Å². The van der Waals surface area contributed by atoms with Crippen molar-refractivity contribution in [3.8, 4) is 5.75 Å². The number of nitrogens with one attached hydrogen (secondary N) is 1. The summed E-state index contributed by atoms with van der Waals surface area (Å²) in [5.41, 5.74) is 1.34. The van der Waals surface area contributed by atoms with Crippen molar-refractivity contribution in [2.24, 2.45) is 5.92 Å². The van der Waals surface area contributed by atoms with E-state index in [1.54, 1.807) is 48.5 Å². The van der Waals surface area contributed by atoms with Crippen LogP contribution in [0.2, 0.25) is 5.02 Å². The molecule has 0 radical (unpaired) electrons. The maximum atomic E-state index is 12.8. The highest BCUT2D eigenvalue weighted by Crippen LogP contribution is 2.24. The van der Waals surface area contributed by atoms with Gasteiger partial charge in [0.25, 0.3) is 0 Å². The van der Waals surface area contributed by atoms with Gasteiger partial charge in [-0.2, -0.15) is 0 Å². The highest BCUT2D eigenvalue weighted by molar-refractivity contribution is 7.88. The zero-order chi connectivity index (χ0) is 21.7. The van der Waals surface area contributed by atoms with Crippen LogP contribution in [-0.4, -0.2) is 37.8 Å². The van der Waals surface area contributed by atoms with Crippen molar-refractivity contribution in [3.63, 3.8) is 0 Å². The van der Waals surface area contributed by atoms with Gasteiger partial charge in [-0.3, -0.25) is 4.79 Å². The van der Waals surface area contributed by atoms with Gasteiger partial charge in [-0.15, -0.1) is 0 Å². The van der Waals surface area contributed by atoms with Gasteiger partial charge in [-0.05, 0) is 68.7 Å². The van der Waals surface area contributed by atoms with Crippen LogP contribution in [0.25, 0.3) is 0 Å². The molecule has 0 bridgehead atoms. The maximum Gasteiger partial charge on any atom is 0.228 e. The van der Waals surface area contributed by atoms with Gasteiger partial charge in [-0.1, -0.05) is 23.7 Å². The van der Waals surface area contributed by atoms with E-state index in [-0.39, 0.29) is 30.2 Å². The first-order valence-electron chi connectivity index (χ1n) is 10.0. The molecule has 1 aliphatic rings. The first-order chi connectivity index (χ1) is 14.2. The molecule has 2 aromatic rings. The van der Waals surface area contributed by atoms with Gasteiger partial charge in [0.15, 0.2) is 0 Å². The fourth-order valence-corrected chi connectivity index (χ4v) is 5.16. The maximum absolute atomic E-state index is 12.8. The minimum atomic E-state index is -3.51. The first kappa shape index (κ1) is 22.6. The Morgan fingerprint density at radius 1 is 1.17 bits per heavy atom. The van der Waals surface area contributed by atoms with Crippen molar-refractivity contribution in [3.05, 3.63) is 59.1 Å². The lowest BCUT2D eigenvalue weighted by molar-refractivity contribution is -0.120. The second-order valence-corrected chi connectivity index (χ2v) is 10.2. The molecule has 1 amide bonds. The van der Waals surface area contributed by atoms with Gasteiger partial charge in [0.05, 0.1) is 17.8 Å². The molecule has 1 unspecified atom stereocenters. The number of nitrogens with zero attached hydrogens (tertiary/aromatic N) is 1. The van der Waals surface area contributed by atoms with Crippen LogP contribution in [0.15, 0.2) is 48.5 Å². The lowest BCUT2D eigenvalue weighted by Gasteiger charge is -2.31. The number of carbonyl (C=O) groups is 1. The third-order valence-electron chi connectivity index (χ3n) is 4.90. The topological polar surface area (TPSA) is 75.7 Å². The van der Waals surface area contributed by atoms with Crippen molar-refractivity contribution in [2.45, 2.75) is 38.5 Å². The summed E-state index contributed by atoms with van der Waals surface area (Å²) in [5, 5.41) is 3.45. The molecule has 3 rings (SSSR count). The van der Waals surface area contributed by atoms with Crippen molar-refractivity contribution < 1.29 is 17.9 Å². The minimum absolute atomic E-state index is 0.0773. The van der Waals surface area contributed by atoms with Crippen molar-refractivity contribution in [1.29, 1.82) is 0 Å². The zero-order valence-electron chi connectivity index (χ0n) is 17.2. The fourth-order valence-electron chi connectivity index (χ4n) is 3.42. The largest absolute Gasteiger partial charge is 0.491 e. The molecule has 30 heavy (non-hydrogen) atoms. The number of benzene rings is 2. The zero-order valence-corrected chi connectivity index (χ0v) is 18.7. The molecular formula is C22H27ClN2O4S. The van der Waals surface area contributed by atoms with Crippen LogP contribution in [0.5, 0.6) is 5.75 Å². The molecule has 1 N–H and O–H groups in total. The highest BCUT2D eigenvalue weighted by atomic mass is 35.5. The third-order valence-corrected chi connectivity index (χ3v) is 6.97. The van der Waals surface area contributed by atoms with E-state index in [0.717, 1.165) is 5.75 Å². The average Bonchev–Trinajstić information content (AvgIpc) is 2.71. The molecule has 1 saturated heterocycles. The molecule has 1 fully saturated rings. The van der Waals surface area contributed by atoms with E-state index in [1.807, 2.05) is 13.8 Å². The van der Waals surface area contributed by atoms with Gasteiger partial charge in [0.1, 0.15) is 5.75 Å². The number of piperidine rings is 1. The summed E-state index contributed by atoms with van der Waals surface area (Å²) in [6.07, 6.45) is 1.39. The van der Waals surface area contributed by atoms with Crippen molar-refractivity contribution >= 4 is 33.2 Å². The van der Waals surface area contributed by atoms with Gasteiger partial charge in [0, 0.05) is 23.8 Å². The van der Waals surface area contributed by atoms with Crippen molar-refractivity contribution in [2.75, 3.05) is 18.4 Å². The molecule has 0 saturated carbocycles. The Hall–Kier alpha value is -2.09. The van der Waals surface area contributed by atoms with Crippen LogP contribution in [-0.2, 0) is 20.6 Å². The van der Waals surface area contributed by atoms with Crippen LogP contribution in [0.4, 0.5) is 5.69 Å². The van der Waals surface area contributed by atoms with Gasteiger partial charge in [0.2, 0.25) is 15.9 Å². The summed E-state index contributed by atoms with van der Waals surface area (Å²) in [6, 6.07) is 14.0. The van der Waals surface area contributed by atoms with E-state index in [4.69, 9.17) is 16.3 Å². The number of rotatable bonds is 7. The molecule has 0 aromatic heterocycles. The fraction of sp³-hybridized carbons (Fsp3) is 0.409. The summed E-state index contributed by atoms with van der Waals surface area (Å²) in [6.45, 7) is 4.52. The molecule has 6 nitrogen and oxygen atoms in total. The number of hydrogen-bond acceptors (Lipinski definition) is 4. The number of anilines is 1. The minimum Gasteiger partial charge on any atom is -0.491 e. The summed E-state index contributed by atoms with van der Waals surface area (Å²) in [5.74, 6) is 0.0833. The molecule has 2 aromatic carbocycles. The predicted molar refractivity (Wildman–Crippen MR) is 119 cm³/mol. The van der Waals surface area contributed by atoms with Gasteiger partial charge >= 0.3 is 0 Å². The Kier molecular flexibility index (Phi) is 7.39. The smallest absolute Gasteiger partial charge is 0.228 e. The van der Waals surface area contributed by atoms with Gasteiger partial charge in [-0.25, -0.2) is 12.7 Å². The summed E-state index contributed by atoms with van der Waals surface area (Å²) < 4.78 is 32.7. The van der Waals surface area contributed by atoms with E-state index in [1.165, 1.54) is 4.31 Å².